The number of anilines is 1. The fourth-order valence-corrected chi connectivity index (χ4v) is 2.93. The van der Waals surface area contributed by atoms with Crippen LogP contribution < -0.4 is 10.6 Å². The van der Waals surface area contributed by atoms with Crippen molar-refractivity contribution in [3.63, 3.8) is 0 Å². The van der Waals surface area contributed by atoms with Gasteiger partial charge in [0.1, 0.15) is 5.82 Å². The maximum atomic E-state index is 13.6. The van der Waals surface area contributed by atoms with Crippen molar-refractivity contribution in [1.82, 2.24) is 10.3 Å². The predicted molar refractivity (Wildman–Crippen MR) is 122 cm³/mol. The summed E-state index contributed by atoms with van der Waals surface area (Å²) in [6.45, 7) is 5.42. The first kappa shape index (κ1) is 24.7. The minimum absolute atomic E-state index is 0. The molecule has 0 aliphatic rings. The number of halogens is 5. The van der Waals surface area contributed by atoms with Crippen molar-refractivity contribution in [2.75, 3.05) is 11.9 Å². The van der Waals surface area contributed by atoms with E-state index in [1.807, 2.05) is 30.3 Å². The molecule has 0 saturated heterocycles. The molecule has 3 aromatic rings. The predicted octanol–water partition coefficient (Wildman–Crippen LogP) is 6.50. The first-order valence-electron chi connectivity index (χ1n) is 8.31. The fraction of sp³-hybridized carbons (Fsp3) is 0.250. The van der Waals surface area contributed by atoms with E-state index in [0.29, 0.717) is 18.1 Å². The summed E-state index contributed by atoms with van der Waals surface area (Å²) in [4.78, 5) is 4.35. The molecule has 152 valence electrons. The summed E-state index contributed by atoms with van der Waals surface area (Å²) in [6, 6.07) is 12.5. The summed E-state index contributed by atoms with van der Waals surface area (Å²) >= 11 is 11.8. The van der Waals surface area contributed by atoms with Crippen LogP contribution in [0.25, 0.3) is 10.9 Å². The molecule has 1 heterocycles. The molecule has 0 amide bonds. The number of hydrogen-bond acceptors (Lipinski definition) is 3. The van der Waals surface area contributed by atoms with Crippen LogP contribution in [0.15, 0.2) is 48.7 Å². The lowest BCUT2D eigenvalue weighted by molar-refractivity contribution is 0.406. The van der Waals surface area contributed by atoms with E-state index < -0.39 is 5.82 Å². The number of nitrogens with zero attached hydrogens (tertiary/aromatic N) is 1. The third-order valence-electron chi connectivity index (χ3n) is 4.18. The quantitative estimate of drug-likeness (QED) is 0.436. The van der Waals surface area contributed by atoms with Crippen molar-refractivity contribution in [2.24, 2.45) is 0 Å². The van der Waals surface area contributed by atoms with Gasteiger partial charge in [0.25, 0.3) is 0 Å². The largest absolute Gasteiger partial charge is 0.383 e. The number of nitrogens with one attached hydrogen (secondary N) is 2. The Balaban J connectivity index is 0.00000196. The van der Waals surface area contributed by atoms with Crippen LogP contribution in [0.3, 0.4) is 0 Å². The molecule has 0 spiro atoms. The molecule has 1 aromatic heterocycles. The van der Waals surface area contributed by atoms with Crippen LogP contribution >= 0.6 is 48.0 Å². The summed E-state index contributed by atoms with van der Waals surface area (Å²) in [5.74, 6) is -0.399. The molecule has 0 aliphatic heterocycles. The highest BCUT2D eigenvalue weighted by Crippen LogP contribution is 2.25. The van der Waals surface area contributed by atoms with Gasteiger partial charge in [-0.1, -0.05) is 29.3 Å². The van der Waals surface area contributed by atoms with Crippen molar-refractivity contribution in [1.29, 1.82) is 0 Å². The normalized spacial score (nSPS) is 10.9. The molecule has 0 saturated carbocycles. The average molecular weight is 465 g/mol. The highest BCUT2D eigenvalue weighted by molar-refractivity contribution is 6.31. The third-order valence-corrected chi connectivity index (χ3v) is 4.72. The lowest BCUT2D eigenvalue weighted by atomic mass is 10.0. The molecule has 2 aromatic carbocycles. The van der Waals surface area contributed by atoms with Gasteiger partial charge in [-0.2, -0.15) is 0 Å². The van der Waals surface area contributed by atoms with Crippen molar-refractivity contribution in [3.05, 3.63) is 70.1 Å². The zero-order valence-corrected chi connectivity index (χ0v) is 18.6. The Morgan fingerprint density at radius 3 is 2.50 bits per heavy atom. The molecule has 0 bridgehead atoms. The summed E-state index contributed by atoms with van der Waals surface area (Å²) in [5.41, 5.74) is 2.49. The van der Waals surface area contributed by atoms with E-state index in [4.69, 9.17) is 23.2 Å². The number of pyridine rings is 1. The number of benzene rings is 2. The van der Waals surface area contributed by atoms with E-state index in [-0.39, 0.29) is 35.4 Å². The van der Waals surface area contributed by atoms with E-state index in [1.165, 1.54) is 6.07 Å². The first-order valence-corrected chi connectivity index (χ1v) is 9.07. The van der Waals surface area contributed by atoms with Crippen LogP contribution in [0.5, 0.6) is 0 Å². The molecule has 0 radical (unpaired) electrons. The first-order chi connectivity index (χ1) is 12.3. The summed E-state index contributed by atoms with van der Waals surface area (Å²) in [7, 11) is 0. The Kier molecular flexibility index (Phi) is 9.25. The van der Waals surface area contributed by atoms with Gasteiger partial charge >= 0.3 is 0 Å². The van der Waals surface area contributed by atoms with Gasteiger partial charge < -0.3 is 10.6 Å². The Morgan fingerprint density at radius 2 is 1.79 bits per heavy atom. The maximum absolute atomic E-state index is 13.6. The van der Waals surface area contributed by atoms with Crippen LogP contribution in [0.4, 0.5) is 10.1 Å². The van der Waals surface area contributed by atoms with Gasteiger partial charge in [0, 0.05) is 40.9 Å². The zero-order chi connectivity index (χ0) is 18.7. The molecule has 0 atom stereocenters. The van der Waals surface area contributed by atoms with Gasteiger partial charge in [-0.15, -0.1) is 24.8 Å². The second kappa shape index (κ2) is 10.5. The summed E-state index contributed by atoms with van der Waals surface area (Å²) < 4.78 is 13.6. The number of hydrogen-bond donors (Lipinski definition) is 2. The minimum Gasteiger partial charge on any atom is -0.383 e. The van der Waals surface area contributed by atoms with Crippen LogP contribution in [-0.4, -0.2) is 17.1 Å². The number of fused-ring (bicyclic) bond motifs is 1. The SMILES string of the molecule is CC(C)(CNc1ccnc2cc(Cl)ccc12)NCc1ccc(Cl)c(F)c1.Cl.Cl. The number of aromatic nitrogens is 1. The lowest BCUT2D eigenvalue weighted by Gasteiger charge is -2.27. The van der Waals surface area contributed by atoms with Crippen molar-refractivity contribution >= 4 is 64.6 Å². The van der Waals surface area contributed by atoms with Crippen LogP contribution in [0.2, 0.25) is 10.0 Å². The van der Waals surface area contributed by atoms with Gasteiger partial charge in [-0.25, -0.2) is 4.39 Å². The number of rotatable bonds is 6. The highest BCUT2D eigenvalue weighted by atomic mass is 35.5. The lowest BCUT2D eigenvalue weighted by Crippen LogP contribution is -2.44. The van der Waals surface area contributed by atoms with Gasteiger partial charge in [0.2, 0.25) is 0 Å². The fourth-order valence-electron chi connectivity index (χ4n) is 2.65. The van der Waals surface area contributed by atoms with E-state index >= 15 is 0 Å². The van der Waals surface area contributed by atoms with Crippen LogP contribution in [0, 0.1) is 5.82 Å². The molecule has 28 heavy (non-hydrogen) atoms. The third kappa shape index (κ3) is 6.36. The second-order valence-corrected chi connectivity index (χ2v) is 7.70. The highest BCUT2D eigenvalue weighted by Gasteiger charge is 2.17. The Bertz CT molecular complexity index is 934. The smallest absolute Gasteiger partial charge is 0.142 e. The second-order valence-electron chi connectivity index (χ2n) is 6.86. The Hall–Kier alpha value is -1.30. The van der Waals surface area contributed by atoms with Crippen molar-refractivity contribution < 1.29 is 4.39 Å². The summed E-state index contributed by atoms with van der Waals surface area (Å²) in [5, 5.41) is 8.73. The molecular weight excluding hydrogens is 443 g/mol. The topological polar surface area (TPSA) is 37.0 Å². The van der Waals surface area contributed by atoms with E-state index in [9.17, 15) is 4.39 Å². The molecule has 0 unspecified atom stereocenters. The van der Waals surface area contributed by atoms with E-state index in [1.54, 1.807) is 12.3 Å². The van der Waals surface area contributed by atoms with Gasteiger partial charge in [-0.05, 0) is 55.8 Å². The van der Waals surface area contributed by atoms with E-state index in [2.05, 4.69) is 29.5 Å². The van der Waals surface area contributed by atoms with Gasteiger partial charge in [0.15, 0.2) is 0 Å². The molecule has 8 heteroatoms. The molecular formula is C20H22Cl4FN3. The van der Waals surface area contributed by atoms with Gasteiger partial charge in [0.05, 0.1) is 10.5 Å². The maximum Gasteiger partial charge on any atom is 0.142 e. The molecule has 3 nitrogen and oxygen atoms in total. The van der Waals surface area contributed by atoms with E-state index in [0.717, 1.165) is 22.2 Å². The average Bonchev–Trinajstić information content (AvgIpc) is 2.61. The van der Waals surface area contributed by atoms with Crippen molar-refractivity contribution in [2.45, 2.75) is 25.9 Å². The minimum atomic E-state index is -0.399. The summed E-state index contributed by atoms with van der Waals surface area (Å²) in [6.07, 6.45) is 1.76. The van der Waals surface area contributed by atoms with Gasteiger partial charge in [-0.3, -0.25) is 4.98 Å². The molecule has 3 rings (SSSR count). The monoisotopic (exact) mass is 463 g/mol. The Labute approximate surface area is 186 Å². The molecule has 0 fully saturated rings. The van der Waals surface area contributed by atoms with Crippen LogP contribution in [-0.2, 0) is 6.54 Å². The zero-order valence-electron chi connectivity index (χ0n) is 15.4. The van der Waals surface area contributed by atoms with Crippen molar-refractivity contribution in [3.8, 4) is 0 Å². The Morgan fingerprint density at radius 1 is 1.04 bits per heavy atom. The molecule has 0 aliphatic carbocycles. The van der Waals surface area contributed by atoms with Crippen LogP contribution in [0.1, 0.15) is 19.4 Å². The molecule has 2 N–H and O–H groups in total. The standard InChI is InChI=1S/C20H20Cl2FN3.2ClH/c1-20(2,26-11-13-3-6-16(22)17(23)9-13)12-25-18-7-8-24-19-10-14(21)4-5-15(18)19;;/h3-10,26H,11-12H2,1-2H3,(H,24,25);2*1H.